The number of nitrogens with two attached hydrogens (primary N) is 1. The zero-order chi connectivity index (χ0) is 13.1. The smallest absolute Gasteiger partial charge is 0.122 e. The Bertz CT molecular complexity index is 444. The van der Waals surface area contributed by atoms with Gasteiger partial charge in [-0.25, -0.2) is 0 Å². The molecule has 0 aromatic heterocycles. The van der Waals surface area contributed by atoms with Gasteiger partial charge in [-0.3, -0.25) is 0 Å². The van der Waals surface area contributed by atoms with Crippen molar-refractivity contribution in [1.29, 1.82) is 0 Å². The van der Waals surface area contributed by atoms with Gasteiger partial charge in [0.05, 0.1) is 12.0 Å². The van der Waals surface area contributed by atoms with Gasteiger partial charge >= 0.3 is 0 Å². The summed E-state index contributed by atoms with van der Waals surface area (Å²) >= 11 is 1.76. The number of aryl methyl sites for hydroxylation is 1. The summed E-state index contributed by atoms with van der Waals surface area (Å²) in [7, 11) is 0. The van der Waals surface area contributed by atoms with E-state index in [4.69, 9.17) is 10.5 Å². The Hall–Kier alpha value is -0.930. The van der Waals surface area contributed by atoms with Crippen molar-refractivity contribution in [2.45, 2.75) is 37.3 Å². The highest BCUT2D eigenvalue weighted by molar-refractivity contribution is 8.00. The van der Waals surface area contributed by atoms with E-state index >= 15 is 0 Å². The highest BCUT2D eigenvalue weighted by Gasteiger charge is 2.16. The molecule has 1 aliphatic heterocycles. The number of rotatable bonds is 5. The number of thioether (sulfide) groups is 1. The van der Waals surface area contributed by atoms with Gasteiger partial charge in [0.2, 0.25) is 0 Å². The van der Waals surface area contributed by atoms with E-state index < -0.39 is 0 Å². The van der Waals surface area contributed by atoms with Crippen LogP contribution in [0.5, 0.6) is 5.75 Å². The maximum absolute atomic E-state index is 5.88. The number of hydrogen-bond acceptors (Lipinski definition) is 3. The van der Waals surface area contributed by atoms with Crippen LogP contribution in [0.2, 0.25) is 0 Å². The lowest BCUT2D eigenvalue weighted by atomic mass is 10.00. The largest absolute Gasteiger partial charge is 0.493 e. The molecule has 2 unspecified atom stereocenters. The molecule has 1 heterocycles. The van der Waals surface area contributed by atoms with Gasteiger partial charge in [-0.15, -0.1) is 18.3 Å². The highest BCUT2D eigenvalue weighted by atomic mass is 32.2. The number of fused-ring (bicyclic) bond motifs is 1. The monoisotopic (exact) mass is 263 g/mol. The molecule has 0 aliphatic carbocycles. The fourth-order valence-corrected chi connectivity index (χ4v) is 3.22. The molecule has 2 atom stereocenters. The van der Waals surface area contributed by atoms with Gasteiger partial charge in [-0.2, -0.15) is 0 Å². The van der Waals surface area contributed by atoms with Crippen LogP contribution in [0.3, 0.4) is 0 Å². The topological polar surface area (TPSA) is 35.2 Å². The van der Waals surface area contributed by atoms with E-state index in [0.717, 1.165) is 25.2 Å². The van der Waals surface area contributed by atoms with Crippen molar-refractivity contribution in [3.63, 3.8) is 0 Å². The van der Waals surface area contributed by atoms with Crippen molar-refractivity contribution in [3.05, 3.63) is 41.5 Å². The van der Waals surface area contributed by atoms with E-state index in [9.17, 15) is 0 Å². The van der Waals surface area contributed by atoms with Crippen LogP contribution < -0.4 is 10.5 Å². The molecule has 0 radical (unpaired) electrons. The Balaban J connectivity index is 2.07. The van der Waals surface area contributed by atoms with Crippen molar-refractivity contribution >= 4 is 11.8 Å². The number of ether oxygens (including phenoxy) is 1. The third-order valence-electron chi connectivity index (χ3n) is 3.28. The van der Waals surface area contributed by atoms with Gasteiger partial charge < -0.3 is 10.5 Å². The van der Waals surface area contributed by atoms with Crippen LogP contribution >= 0.6 is 11.8 Å². The molecule has 2 N–H and O–H groups in total. The lowest BCUT2D eigenvalue weighted by Crippen LogP contribution is -2.17. The first-order chi connectivity index (χ1) is 8.60. The van der Waals surface area contributed by atoms with E-state index in [0.29, 0.717) is 5.25 Å². The summed E-state index contributed by atoms with van der Waals surface area (Å²) in [6, 6.07) is 4.47. The molecule has 1 aliphatic rings. The van der Waals surface area contributed by atoms with E-state index in [1.807, 2.05) is 0 Å². The molecular formula is C15H21NOS. The van der Waals surface area contributed by atoms with Crippen LogP contribution in [0, 0.1) is 6.92 Å². The summed E-state index contributed by atoms with van der Waals surface area (Å²) in [6.07, 6.45) is 3.86. The average molecular weight is 263 g/mol. The average Bonchev–Trinajstić information content (AvgIpc) is 2.76. The molecule has 18 heavy (non-hydrogen) atoms. The Morgan fingerprint density at radius 2 is 2.33 bits per heavy atom. The van der Waals surface area contributed by atoms with Crippen molar-refractivity contribution in [1.82, 2.24) is 0 Å². The quantitative estimate of drug-likeness (QED) is 0.655. The second kappa shape index (κ2) is 5.81. The molecular weight excluding hydrogens is 242 g/mol. The normalized spacial score (nSPS) is 16.8. The molecule has 2 rings (SSSR count). The first kappa shape index (κ1) is 13.5. The predicted octanol–water partition coefficient (Wildman–Crippen LogP) is 3.06. The minimum absolute atomic E-state index is 0.0194. The Morgan fingerprint density at radius 1 is 1.56 bits per heavy atom. The highest BCUT2D eigenvalue weighted by Crippen LogP contribution is 2.30. The van der Waals surface area contributed by atoms with Crippen LogP contribution in [0.25, 0.3) is 0 Å². The van der Waals surface area contributed by atoms with Gasteiger partial charge in [0.25, 0.3) is 0 Å². The summed E-state index contributed by atoms with van der Waals surface area (Å²) < 4.78 is 5.63. The van der Waals surface area contributed by atoms with Gasteiger partial charge in [-0.05, 0) is 36.1 Å². The summed E-state index contributed by atoms with van der Waals surface area (Å²) in [5.41, 5.74) is 9.95. The van der Waals surface area contributed by atoms with Crippen LogP contribution in [0.1, 0.15) is 23.6 Å². The fraction of sp³-hybridized carbons (Fsp3) is 0.467. The van der Waals surface area contributed by atoms with Crippen LogP contribution in [0.4, 0.5) is 0 Å². The van der Waals surface area contributed by atoms with E-state index in [2.05, 4.69) is 32.6 Å². The van der Waals surface area contributed by atoms with Gasteiger partial charge in [0, 0.05) is 11.7 Å². The summed E-state index contributed by atoms with van der Waals surface area (Å²) in [5, 5.41) is 0.502. The zero-order valence-corrected chi connectivity index (χ0v) is 11.9. The van der Waals surface area contributed by atoms with Gasteiger partial charge in [-0.1, -0.05) is 19.1 Å². The summed E-state index contributed by atoms with van der Waals surface area (Å²) in [5.74, 6) is 1.07. The van der Waals surface area contributed by atoms with Crippen molar-refractivity contribution in [2.24, 2.45) is 5.73 Å². The van der Waals surface area contributed by atoms with E-state index in [-0.39, 0.29) is 5.37 Å². The predicted molar refractivity (Wildman–Crippen MR) is 79.3 cm³/mol. The number of hydrogen-bond donors (Lipinski definition) is 1. The van der Waals surface area contributed by atoms with Gasteiger partial charge in [0.1, 0.15) is 5.75 Å². The molecule has 3 heteroatoms. The molecule has 98 valence electrons. The molecule has 0 fully saturated rings. The van der Waals surface area contributed by atoms with Crippen molar-refractivity contribution < 1.29 is 4.74 Å². The summed E-state index contributed by atoms with van der Waals surface area (Å²) in [6.45, 7) is 8.93. The third kappa shape index (κ3) is 3.09. The molecule has 2 nitrogen and oxygen atoms in total. The first-order valence-electron chi connectivity index (χ1n) is 6.39. The molecule has 1 aromatic carbocycles. The van der Waals surface area contributed by atoms with Crippen molar-refractivity contribution in [3.8, 4) is 5.75 Å². The Morgan fingerprint density at radius 3 is 3.06 bits per heavy atom. The molecule has 0 saturated heterocycles. The van der Waals surface area contributed by atoms with Crippen LogP contribution in [-0.4, -0.2) is 17.2 Å². The molecule has 0 amide bonds. The van der Waals surface area contributed by atoms with Crippen molar-refractivity contribution in [2.75, 3.05) is 6.61 Å². The maximum atomic E-state index is 5.88. The zero-order valence-electron chi connectivity index (χ0n) is 11.1. The Labute approximate surface area is 114 Å². The first-order valence-corrected chi connectivity index (χ1v) is 7.33. The van der Waals surface area contributed by atoms with E-state index in [1.165, 1.54) is 16.7 Å². The van der Waals surface area contributed by atoms with E-state index in [1.54, 1.807) is 17.8 Å². The second-order valence-corrected chi connectivity index (χ2v) is 6.46. The third-order valence-corrected chi connectivity index (χ3v) is 4.42. The van der Waals surface area contributed by atoms with Crippen LogP contribution in [-0.2, 0) is 12.8 Å². The van der Waals surface area contributed by atoms with Crippen LogP contribution in [0.15, 0.2) is 24.8 Å². The minimum Gasteiger partial charge on any atom is -0.493 e. The minimum atomic E-state index is 0.0194. The molecule has 0 bridgehead atoms. The standard InChI is InChI=1S/C15H21NOS/c1-4-15(16)18-11(3)8-13-9-14-12(5-6-17-14)7-10(13)2/h4,7,9,11,15H,1,5-6,8,16H2,2-3H3. The lowest BCUT2D eigenvalue weighted by Gasteiger charge is -2.16. The maximum Gasteiger partial charge on any atom is 0.122 e. The molecule has 0 saturated carbocycles. The lowest BCUT2D eigenvalue weighted by molar-refractivity contribution is 0.356. The fourth-order valence-electron chi connectivity index (χ4n) is 2.29. The Kier molecular flexibility index (Phi) is 4.36. The number of benzene rings is 1. The second-order valence-electron chi connectivity index (χ2n) is 4.84. The molecule has 0 spiro atoms. The summed E-state index contributed by atoms with van der Waals surface area (Å²) in [4.78, 5) is 0. The van der Waals surface area contributed by atoms with Gasteiger partial charge in [0.15, 0.2) is 0 Å². The SMILES string of the molecule is C=CC(N)SC(C)Cc1cc2c(cc1C)CCO2. The molecule has 1 aromatic rings.